The lowest BCUT2D eigenvalue weighted by atomic mass is 10.3. The SMILES string of the molecule is CCC(C)N1NC(S)N(C)N1. The van der Waals surface area contributed by atoms with E-state index in [4.69, 9.17) is 0 Å². The van der Waals surface area contributed by atoms with Crippen LogP contribution in [0, 0.1) is 0 Å². The number of hydrogen-bond donors (Lipinski definition) is 3. The van der Waals surface area contributed by atoms with Gasteiger partial charge in [0.05, 0.1) is 0 Å². The molecule has 0 radical (unpaired) electrons. The minimum atomic E-state index is 0.0731. The molecular weight excluding hydrogens is 160 g/mol. The summed E-state index contributed by atoms with van der Waals surface area (Å²) in [5.41, 5.74) is 6.37. The Kier molecular flexibility index (Phi) is 3.15. The van der Waals surface area contributed by atoms with Gasteiger partial charge in [0.15, 0.2) is 0 Å². The van der Waals surface area contributed by atoms with Gasteiger partial charge in [-0.1, -0.05) is 6.92 Å². The highest BCUT2D eigenvalue weighted by atomic mass is 32.1. The van der Waals surface area contributed by atoms with Crippen LogP contribution in [0.1, 0.15) is 20.3 Å². The fourth-order valence-corrected chi connectivity index (χ4v) is 1.05. The molecule has 11 heavy (non-hydrogen) atoms. The number of nitrogens with one attached hydrogen (secondary N) is 2. The monoisotopic (exact) mass is 176 g/mol. The fourth-order valence-electron chi connectivity index (χ4n) is 0.873. The molecule has 0 amide bonds. The van der Waals surface area contributed by atoms with Crippen molar-refractivity contribution >= 4 is 12.6 Å². The van der Waals surface area contributed by atoms with Gasteiger partial charge in [0.25, 0.3) is 0 Å². The molecule has 1 aliphatic rings. The Hall–Kier alpha value is 0.190. The summed E-state index contributed by atoms with van der Waals surface area (Å²) in [6.45, 7) is 4.31. The van der Waals surface area contributed by atoms with Crippen molar-refractivity contribution in [2.45, 2.75) is 31.8 Å². The molecule has 0 aromatic rings. The maximum absolute atomic E-state index is 4.29. The van der Waals surface area contributed by atoms with Gasteiger partial charge in [-0.2, -0.15) is 10.7 Å². The minimum absolute atomic E-state index is 0.0731. The van der Waals surface area contributed by atoms with E-state index in [9.17, 15) is 0 Å². The Bertz CT molecular complexity index is 122. The van der Waals surface area contributed by atoms with E-state index in [0.717, 1.165) is 6.42 Å². The van der Waals surface area contributed by atoms with E-state index >= 15 is 0 Å². The Balaban J connectivity index is 2.40. The molecule has 66 valence electrons. The molecule has 1 rings (SSSR count). The predicted octanol–water partition coefficient (Wildman–Crippen LogP) is 0.170. The first-order valence-electron chi connectivity index (χ1n) is 3.87. The van der Waals surface area contributed by atoms with Gasteiger partial charge < -0.3 is 0 Å². The molecule has 1 fully saturated rings. The van der Waals surface area contributed by atoms with Gasteiger partial charge in [-0.25, -0.2) is 10.4 Å². The van der Waals surface area contributed by atoms with E-state index in [-0.39, 0.29) is 5.50 Å². The first-order chi connectivity index (χ1) is 5.15. The third-order valence-corrected chi connectivity index (χ3v) is 2.38. The average Bonchev–Trinajstić information content (AvgIpc) is 2.31. The van der Waals surface area contributed by atoms with Crippen molar-refractivity contribution in [1.82, 2.24) is 21.1 Å². The Morgan fingerprint density at radius 3 is 2.64 bits per heavy atom. The quantitative estimate of drug-likeness (QED) is 0.524. The molecule has 0 spiro atoms. The van der Waals surface area contributed by atoms with Gasteiger partial charge in [0.2, 0.25) is 0 Å². The highest BCUT2D eigenvalue weighted by molar-refractivity contribution is 7.80. The molecule has 1 aliphatic heterocycles. The van der Waals surface area contributed by atoms with Crippen LogP contribution in [-0.4, -0.2) is 28.7 Å². The zero-order valence-electron chi connectivity index (χ0n) is 7.20. The lowest BCUT2D eigenvalue weighted by Crippen LogP contribution is -2.46. The van der Waals surface area contributed by atoms with E-state index in [1.54, 1.807) is 0 Å². The van der Waals surface area contributed by atoms with Crippen molar-refractivity contribution < 1.29 is 0 Å². The lowest BCUT2D eigenvalue weighted by molar-refractivity contribution is 0.0714. The largest absolute Gasteiger partial charge is 0.212 e. The molecule has 1 heterocycles. The van der Waals surface area contributed by atoms with Crippen LogP contribution >= 0.6 is 12.6 Å². The topological polar surface area (TPSA) is 30.5 Å². The average molecular weight is 176 g/mol. The molecule has 0 saturated carbocycles. The van der Waals surface area contributed by atoms with Gasteiger partial charge in [0, 0.05) is 13.1 Å². The van der Waals surface area contributed by atoms with Crippen molar-refractivity contribution in [1.29, 1.82) is 0 Å². The van der Waals surface area contributed by atoms with E-state index in [1.807, 2.05) is 17.2 Å². The van der Waals surface area contributed by atoms with Gasteiger partial charge in [-0.05, 0) is 13.3 Å². The van der Waals surface area contributed by atoms with Crippen LogP contribution in [-0.2, 0) is 0 Å². The number of hydrogen-bond acceptors (Lipinski definition) is 5. The summed E-state index contributed by atoms with van der Waals surface area (Å²) in [4.78, 5) is 0. The summed E-state index contributed by atoms with van der Waals surface area (Å²) in [6.07, 6.45) is 1.11. The molecule has 2 unspecified atom stereocenters. The van der Waals surface area contributed by atoms with Gasteiger partial charge in [0.1, 0.15) is 5.50 Å². The summed E-state index contributed by atoms with van der Waals surface area (Å²) in [7, 11) is 1.95. The maximum atomic E-state index is 4.29. The maximum Gasteiger partial charge on any atom is 0.133 e. The third kappa shape index (κ3) is 2.07. The summed E-state index contributed by atoms with van der Waals surface area (Å²) in [6, 6.07) is 0.481. The minimum Gasteiger partial charge on any atom is -0.212 e. The van der Waals surface area contributed by atoms with E-state index in [1.165, 1.54) is 0 Å². The van der Waals surface area contributed by atoms with Crippen molar-refractivity contribution in [2.24, 2.45) is 0 Å². The van der Waals surface area contributed by atoms with Crippen LogP contribution in [0.2, 0.25) is 0 Å². The first-order valence-corrected chi connectivity index (χ1v) is 4.39. The van der Waals surface area contributed by atoms with Crippen LogP contribution in [0.5, 0.6) is 0 Å². The van der Waals surface area contributed by atoms with Crippen molar-refractivity contribution in [2.75, 3.05) is 7.05 Å². The third-order valence-electron chi connectivity index (χ3n) is 1.92. The van der Waals surface area contributed by atoms with E-state index in [0.29, 0.717) is 6.04 Å². The molecule has 0 bridgehead atoms. The number of hydrazine groups is 3. The van der Waals surface area contributed by atoms with Crippen molar-refractivity contribution in [3.05, 3.63) is 0 Å². The zero-order valence-corrected chi connectivity index (χ0v) is 8.10. The van der Waals surface area contributed by atoms with Gasteiger partial charge >= 0.3 is 0 Å². The van der Waals surface area contributed by atoms with Crippen LogP contribution in [0.25, 0.3) is 0 Å². The molecule has 4 nitrogen and oxygen atoms in total. The van der Waals surface area contributed by atoms with Crippen LogP contribution in [0.4, 0.5) is 0 Å². The Morgan fingerprint density at radius 2 is 2.27 bits per heavy atom. The molecule has 1 saturated heterocycles. The molecule has 0 aromatic carbocycles. The molecule has 5 heteroatoms. The fraction of sp³-hybridized carbons (Fsp3) is 1.00. The Morgan fingerprint density at radius 1 is 1.64 bits per heavy atom. The van der Waals surface area contributed by atoms with Crippen LogP contribution in [0.3, 0.4) is 0 Å². The summed E-state index contributed by atoms with van der Waals surface area (Å²) in [5, 5.41) is 3.88. The summed E-state index contributed by atoms with van der Waals surface area (Å²) in [5.74, 6) is 0. The number of thiol groups is 1. The zero-order chi connectivity index (χ0) is 8.43. The highest BCUT2D eigenvalue weighted by Gasteiger charge is 2.25. The second kappa shape index (κ2) is 3.73. The molecular formula is C6H16N4S. The highest BCUT2D eigenvalue weighted by Crippen LogP contribution is 2.07. The summed E-state index contributed by atoms with van der Waals surface area (Å²) < 4.78 is 0. The van der Waals surface area contributed by atoms with Gasteiger partial charge in [-0.15, -0.1) is 12.6 Å². The molecule has 2 atom stereocenters. The lowest BCUT2D eigenvalue weighted by Gasteiger charge is -2.21. The van der Waals surface area contributed by atoms with Gasteiger partial charge in [-0.3, -0.25) is 0 Å². The standard InChI is InChI=1S/C6H16N4S/c1-4-5(2)10-7-6(11)9(3)8-10/h5-8,11H,4H2,1-3H3. The molecule has 0 aliphatic carbocycles. The normalized spacial score (nSPS) is 31.1. The molecule has 2 N–H and O–H groups in total. The van der Waals surface area contributed by atoms with Crippen LogP contribution < -0.4 is 11.0 Å². The predicted molar refractivity (Wildman–Crippen MR) is 48.4 cm³/mol. The number of nitrogens with zero attached hydrogens (tertiary/aromatic N) is 2. The first kappa shape index (κ1) is 9.28. The second-order valence-electron chi connectivity index (χ2n) is 2.84. The van der Waals surface area contributed by atoms with Crippen molar-refractivity contribution in [3.8, 4) is 0 Å². The number of rotatable bonds is 2. The van der Waals surface area contributed by atoms with Crippen molar-refractivity contribution in [3.63, 3.8) is 0 Å². The summed E-state index contributed by atoms with van der Waals surface area (Å²) >= 11 is 4.29. The van der Waals surface area contributed by atoms with E-state index in [2.05, 4.69) is 37.4 Å². The molecule has 0 aromatic heterocycles. The van der Waals surface area contributed by atoms with Crippen LogP contribution in [0.15, 0.2) is 0 Å². The Labute approximate surface area is 73.2 Å². The smallest absolute Gasteiger partial charge is 0.133 e. The second-order valence-corrected chi connectivity index (χ2v) is 3.33. The van der Waals surface area contributed by atoms with E-state index < -0.39 is 0 Å².